The van der Waals surface area contributed by atoms with Gasteiger partial charge in [-0.1, -0.05) is 58.6 Å². The lowest BCUT2D eigenvalue weighted by Crippen LogP contribution is -2.14. The summed E-state index contributed by atoms with van der Waals surface area (Å²) in [5.41, 5.74) is 0. The quantitative estimate of drug-likeness (QED) is 0.339. The highest BCUT2D eigenvalue weighted by molar-refractivity contribution is 5.72. The van der Waals surface area contributed by atoms with Crippen molar-refractivity contribution in [3.63, 3.8) is 0 Å². The summed E-state index contributed by atoms with van der Waals surface area (Å²) in [6.07, 6.45) is 11.5. The number of hydrogen-bond donors (Lipinski definition) is 0. The number of esters is 2. The van der Waals surface area contributed by atoms with Crippen molar-refractivity contribution < 1.29 is 19.1 Å². The summed E-state index contributed by atoms with van der Waals surface area (Å²) in [6.45, 7) is 7.21. The van der Waals surface area contributed by atoms with E-state index in [9.17, 15) is 9.59 Å². The first-order valence-corrected chi connectivity index (χ1v) is 9.10. The fourth-order valence-corrected chi connectivity index (χ4v) is 2.12. The number of rotatable bonds is 14. The minimum Gasteiger partial charge on any atom is -0.465 e. The van der Waals surface area contributed by atoms with Gasteiger partial charge in [-0.3, -0.25) is 9.59 Å². The van der Waals surface area contributed by atoms with Gasteiger partial charge in [-0.25, -0.2) is 0 Å². The van der Waals surface area contributed by atoms with Gasteiger partial charge in [-0.2, -0.15) is 0 Å². The molecule has 0 radical (unpaired) electrons. The third-order valence-electron chi connectivity index (χ3n) is 3.75. The zero-order chi connectivity index (χ0) is 17.3. The van der Waals surface area contributed by atoms with Crippen LogP contribution in [0.3, 0.4) is 0 Å². The molecule has 4 nitrogen and oxygen atoms in total. The molecular formula is C19H34O4. The lowest BCUT2D eigenvalue weighted by Gasteiger charge is -2.14. The number of ether oxygens (including phenoxy) is 2. The average molecular weight is 326 g/mol. The first-order chi connectivity index (χ1) is 11.1. The zero-order valence-corrected chi connectivity index (χ0v) is 15.1. The van der Waals surface area contributed by atoms with E-state index in [4.69, 9.17) is 9.47 Å². The van der Waals surface area contributed by atoms with E-state index in [0.29, 0.717) is 25.6 Å². The molecule has 0 aromatic carbocycles. The SMILES string of the molecule is CCC/C=C/COC(=O)CCCC(=O)OCC(CC)CCCC. The van der Waals surface area contributed by atoms with Gasteiger partial charge in [0.2, 0.25) is 0 Å². The maximum Gasteiger partial charge on any atom is 0.306 e. The fraction of sp³-hybridized carbons (Fsp3) is 0.789. The van der Waals surface area contributed by atoms with E-state index in [2.05, 4.69) is 20.8 Å². The molecule has 0 heterocycles. The monoisotopic (exact) mass is 326 g/mol. The van der Waals surface area contributed by atoms with E-state index in [1.54, 1.807) is 0 Å². The number of carbonyl (C=O) groups excluding carboxylic acids is 2. The third kappa shape index (κ3) is 14.0. The summed E-state index contributed by atoms with van der Waals surface area (Å²) in [4.78, 5) is 23.1. The van der Waals surface area contributed by atoms with E-state index in [0.717, 1.165) is 25.7 Å². The third-order valence-corrected chi connectivity index (χ3v) is 3.75. The van der Waals surface area contributed by atoms with E-state index in [-0.39, 0.29) is 24.8 Å². The molecule has 0 bridgehead atoms. The second kappa shape index (κ2) is 15.6. The Morgan fingerprint density at radius 1 is 0.913 bits per heavy atom. The Morgan fingerprint density at radius 2 is 1.61 bits per heavy atom. The van der Waals surface area contributed by atoms with Crippen LogP contribution in [0.5, 0.6) is 0 Å². The second-order valence-electron chi connectivity index (χ2n) is 5.90. The van der Waals surface area contributed by atoms with Crippen LogP contribution in [0.25, 0.3) is 0 Å². The molecule has 1 atom stereocenters. The van der Waals surface area contributed by atoms with Crippen LogP contribution in [0.15, 0.2) is 12.2 Å². The van der Waals surface area contributed by atoms with Crippen molar-refractivity contribution in [2.75, 3.05) is 13.2 Å². The van der Waals surface area contributed by atoms with Crippen LogP contribution in [-0.4, -0.2) is 25.2 Å². The van der Waals surface area contributed by atoms with Crippen molar-refractivity contribution in [2.24, 2.45) is 5.92 Å². The maximum absolute atomic E-state index is 11.7. The van der Waals surface area contributed by atoms with Crippen LogP contribution in [0.2, 0.25) is 0 Å². The van der Waals surface area contributed by atoms with Crippen LogP contribution >= 0.6 is 0 Å². The molecule has 0 aromatic heterocycles. The molecule has 134 valence electrons. The fourth-order valence-electron chi connectivity index (χ4n) is 2.12. The minimum absolute atomic E-state index is 0.212. The highest BCUT2D eigenvalue weighted by Gasteiger charge is 2.11. The van der Waals surface area contributed by atoms with Gasteiger partial charge in [-0.15, -0.1) is 0 Å². The van der Waals surface area contributed by atoms with Crippen LogP contribution in [0.1, 0.15) is 78.6 Å². The average Bonchev–Trinajstić information content (AvgIpc) is 2.55. The van der Waals surface area contributed by atoms with Gasteiger partial charge >= 0.3 is 11.9 Å². The molecule has 0 spiro atoms. The van der Waals surface area contributed by atoms with Crippen molar-refractivity contribution in [2.45, 2.75) is 78.6 Å². The predicted octanol–water partition coefficient (Wildman–Crippen LogP) is 4.82. The van der Waals surface area contributed by atoms with Crippen molar-refractivity contribution in [3.8, 4) is 0 Å². The lowest BCUT2D eigenvalue weighted by atomic mass is 10.0. The van der Waals surface area contributed by atoms with Gasteiger partial charge < -0.3 is 9.47 Å². The number of hydrogen-bond acceptors (Lipinski definition) is 4. The molecule has 0 rings (SSSR count). The van der Waals surface area contributed by atoms with Gasteiger partial charge in [0.1, 0.15) is 6.61 Å². The Morgan fingerprint density at radius 3 is 2.22 bits per heavy atom. The molecule has 4 heteroatoms. The van der Waals surface area contributed by atoms with Crippen molar-refractivity contribution in [3.05, 3.63) is 12.2 Å². The van der Waals surface area contributed by atoms with E-state index < -0.39 is 0 Å². The molecular weight excluding hydrogens is 292 g/mol. The maximum atomic E-state index is 11.7. The molecule has 23 heavy (non-hydrogen) atoms. The van der Waals surface area contributed by atoms with Crippen molar-refractivity contribution in [1.29, 1.82) is 0 Å². The Hall–Kier alpha value is -1.32. The van der Waals surface area contributed by atoms with Crippen molar-refractivity contribution in [1.82, 2.24) is 0 Å². The van der Waals surface area contributed by atoms with Crippen LogP contribution in [0.4, 0.5) is 0 Å². The molecule has 0 aliphatic rings. The number of unbranched alkanes of at least 4 members (excludes halogenated alkanes) is 2. The van der Waals surface area contributed by atoms with Gasteiger partial charge in [0, 0.05) is 12.8 Å². The van der Waals surface area contributed by atoms with Crippen molar-refractivity contribution >= 4 is 11.9 Å². The zero-order valence-electron chi connectivity index (χ0n) is 15.1. The Labute approximate surface area is 141 Å². The highest BCUT2D eigenvalue weighted by atomic mass is 16.5. The van der Waals surface area contributed by atoms with Gasteiger partial charge in [0.15, 0.2) is 0 Å². The van der Waals surface area contributed by atoms with E-state index >= 15 is 0 Å². The summed E-state index contributed by atoms with van der Waals surface area (Å²) in [7, 11) is 0. The molecule has 0 amide bonds. The molecule has 0 saturated carbocycles. The smallest absolute Gasteiger partial charge is 0.306 e. The highest BCUT2D eigenvalue weighted by Crippen LogP contribution is 2.13. The molecule has 1 unspecified atom stereocenters. The van der Waals surface area contributed by atoms with E-state index in [1.807, 2.05) is 12.2 Å². The second-order valence-corrected chi connectivity index (χ2v) is 5.90. The minimum atomic E-state index is -0.256. The van der Waals surface area contributed by atoms with Crippen LogP contribution in [0, 0.1) is 5.92 Å². The molecule has 0 saturated heterocycles. The summed E-state index contributed by atoms with van der Waals surface area (Å²) < 4.78 is 10.3. The topological polar surface area (TPSA) is 52.6 Å². The van der Waals surface area contributed by atoms with Gasteiger partial charge in [-0.05, 0) is 25.2 Å². The molecule has 0 N–H and O–H groups in total. The van der Waals surface area contributed by atoms with Crippen LogP contribution < -0.4 is 0 Å². The summed E-state index contributed by atoms with van der Waals surface area (Å²) in [5, 5.41) is 0. The Kier molecular flexibility index (Phi) is 14.7. The molecule has 0 fully saturated rings. The summed E-state index contributed by atoms with van der Waals surface area (Å²) in [6, 6.07) is 0. The normalized spacial score (nSPS) is 12.3. The lowest BCUT2D eigenvalue weighted by molar-refractivity contribution is -0.146. The Bertz CT molecular complexity index is 336. The van der Waals surface area contributed by atoms with Gasteiger partial charge in [0.05, 0.1) is 6.61 Å². The molecule has 0 aliphatic carbocycles. The first-order valence-electron chi connectivity index (χ1n) is 9.10. The number of carbonyl (C=O) groups is 2. The largest absolute Gasteiger partial charge is 0.465 e. The molecule has 0 aliphatic heterocycles. The predicted molar refractivity (Wildman–Crippen MR) is 93.1 cm³/mol. The summed E-state index contributed by atoms with van der Waals surface area (Å²) in [5.74, 6) is -0.0114. The van der Waals surface area contributed by atoms with Crippen LogP contribution in [-0.2, 0) is 19.1 Å². The summed E-state index contributed by atoms with van der Waals surface area (Å²) >= 11 is 0. The van der Waals surface area contributed by atoms with E-state index in [1.165, 1.54) is 12.8 Å². The first kappa shape index (κ1) is 21.7. The molecule has 0 aromatic rings. The number of allylic oxidation sites excluding steroid dienone is 1. The standard InChI is InChI=1S/C19H34O4/c1-4-7-9-10-15-22-18(20)13-11-14-19(21)23-16-17(6-3)12-8-5-2/h9-10,17H,4-8,11-16H2,1-3H3/b10-9+. The van der Waals surface area contributed by atoms with Gasteiger partial charge in [0.25, 0.3) is 0 Å². The Balaban J connectivity index is 3.66.